The summed E-state index contributed by atoms with van der Waals surface area (Å²) in [6.45, 7) is 2.81. The van der Waals surface area contributed by atoms with E-state index in [4.69, 9.17) is 0 Å². The van der Waals surface area contributed by atoms with Gasteiger partial charge in [0.15, 0.2) is 0 Å². The number of hydrogen-bond donors (Lipinski definition) is 2. The highest BCUT2D eigenvalue weighted by Crippen LogP contribution is 2.19. The van der Waals surface area contributed by atoms with Crippen molar-refractivity contribution in [2.45, 2.75) is 19.4 Å². The number of aryl methyl sites for hydroxylation is 1. The highest BCUT2D eigenvalue weighted by Gasteiger charge is 2.35. The number of carbonyl (C=O) groups excluding carboxylic acids is 2. The molecule has 1 saturated heterocycles. The van der Waals surface area contributed by atoms with Crippen LogP contribution in [0.2, 0.25) is 0 Å². The topological polar surface area (TPSA) is 69.6 Å². The third-order valence-electron chi connectivity index (χ3n) is 4.98. The number of rotatable bonds is 5. The van der Waals surface area contributed by atoms with Crippen molar-refractivity contribution in [3.8, 4) is 0 Å². The molecular weight excluding hydrogens is 328 g/mol. The summed E-state index contributed by atoms with van der Waals surface area (Å²) in [7, 11) is 0. The Kier molecular flexibility index (Phi) is 5.68. The van der Waals surface area contributed by atoms with E-state index >= 15 is 0 Å². The van der Waals surface area contributed by atoms with Gasteiger partial charge in [-0.1, -0.05) is 42.5 Å². The Hall–Kier alpha value is -2.66. The third kappa shape index (κ3) is 4.11. The first-order valence-electron chi connectivity index (χ1n) is 8.87. The summed E-state index contributed by atoms with van der Waals surface area (Å²) in [6.07, 6.45) is 0.337. The Balaban J connectivity index is 1.64. The van der Waals surface area contributed by atoms with E-state index in [1.807, 2.05) is 49.4 Å². The van der Waals surface area contributed by atoms with Crippen LogP contribution in [0, 0.1) is 12.8 Å². The number of nitrogens with one attached hydrogen (secondary N) is 1. The predicted molar refractivity (Wildman–Crippen MR) is 99.7 cm³/mol. The number of benzene rings is 2. The molecule has 0 aliphatic carbocycles. The second-order valence-electron chi connectivity index (χ2n) is 6.79. The predicted octanol–water partition coefficient (Wildman–Crippen LogP) is 1.79. The highest BCUT2D eigenvalue weighted by molar-refractivity contribution is 5.94. The monoisotopic (exact) mass is 352 g/mol. The molecule has 0 saturated carbocycles. The van der Waals surface area contributed by atoms with Crippen LogP contribution in [0.5, 0.6) is 0 Å². The van der Waals surface area contributed by atoms with Crippen LogP contribution in [0.4, 0.5) is 0 Å². The molecule has 2 aromatic rings. The molecule has 5 nitrogen and oxygen atoms in total. The van der Waals surface area contributed by atoms with Crippen molar-refractivity contribution in [2.24, 2.45) is 5.92 Å². The zero-order chi connectivity index (χ0) is 18.5. The molecule has 0 unspecified atom stereocenters. The van der Waals surface area contributed by atoms with E-state index in [0.29, 0.717) is 25.1 Å². The van der Waals surface area contributed by atoms with Gasteiger partial charge in [-0.15, -0.1) is 0 Å². The average molecular weight is 352 g/mol. The Bertz CT molecular complexity index is 776. The van der Waals surface area contributed by atoms with Gasteiger partial charge in [0.1, 0.15) is 0 Å². The maximum atomic E-state index is 12.7. The minimum Gasteiger partial charge on any atom is -0.396 e. The van der Waals surface area contributed by atoms with Crippen LogP contribution in [-0.2, 0) is 11.2 Å². The minimum atomic E-state index is -0.242. The van der Waals surface area contributed by atoms with Crippen molar-refractivity contribution in [3.05, 3.63) is 71.3 Å². The summed E-state index contributed by atoms with van der Waals surface area (Å²) < 4.78 is 0. The lowest BCUT2D eigenvalue weighted by atomic mass is 10.0. The van der Waals surface area contributed by atoms with Crippen LogP contribution in [-0.4, -0.2) is 47.6 Å². The van der Waals surface area contributed by atoms with Crippen molar-refractivity contribution in [1.29, 1.82) is 0 Å². The van der Waals surface area contributed by atoms with E-state index in [1.165, 1.54) is 0 Å². The van der Waals surface area contributed by atoms with Crippen LogP contribution in [0.15, 0.2) is 54.6 Å². The molecule has 2 N–H and O–H groups in total. The molecule has 0 aromatic heterocycles. The number of likely N-dealkylation sites (tertiary alicyclic amines) is 1. The molecule has 2 aromatic carbocycles. The van der Waals surface area contributed by atoms with Crippen molar-refractivity contribution in [1.82, 2.24) is 10.2 Å². The van der Waals surface area contributed by atoms with E-state index < -0.39 is 0 Å². The van der Waals surface area contributed by atoms with Gasteiger partial charge in [-0.3, -0.25) is 9.59 Å². The van der Waals surface area contributed by atoms with E-state index in [0.717, 1.165) is 11.1 Å². The summed E-state index contributed by atoms with van der Waals surface area (Å²) >= 11 is 0. The molecule has 1 aliphatic rings. The zero-order valence-corrected chi connectivity index (χ0v) is 14.9. The Morgan fingerprint density at radius 2 is 1.77 bits per heavy atom. The smallest absolute Gasteiger partial charge is 0.251 e. The average Bonchev–Trinajstić information content (AvgIpc) is 3.07. The second kappa shape index (κ2) is 8.15. The Morgan fingerprint density at radius 3 is 2.46 bits per heavy atom. The lowest BCUT2D eigenvalue weighted by Crippen LogP contribution is -2.42. The van der Waals surface area contributed by atoms with E-state index in [9.17, 15) is 14.7 Å². The van der Waals surface area contributed by atoms with Crippen molar-refractivity contribution >= 4 is 11.8 Å². The highest BCUT2D eigenvalue weighted by atomic mass is 16.3. The molecule has 2 amide bonds. The molecule has 1 heterocycles. The third-order valence-corrected chi connectivity index (χ3v) is 4.98. The van der Waals surface area contributed by atoms with Gasteiger partial charge >= 0.3 is 0 Å². The summed E-state index contributed by atoms with van der Waals surface area (Å²) in [5.41, 5.74) is 2.68. The van der Waals surface area contributed by atoms with Crippen LogP contribution >= 0.6 is 0 Å². The summed E-state index contributed by atoms with van der Waals surface area (Å²) in [6, 6.07) is 16.6. The van der Waals surface area contributed by atoms with E-state index in [-0.39, 0.29) is 30.4 Å². The maximum absolute atomic E-state index is 12.7. The first-order chi connectivity index (χ1) is 12.6. The molecule has 2 atom stereocenters. The van der Waals surface area contributed by atoms with Crippen molar-refractivity contribution in [2.75, 3.05) is 19.7 Å². The lowest BCUT2D eigenvalue weighted by Gasteiger charge is -2.18. The molecule has 3 rings (SSSR count). The standard InChI is InChI=1S/C21H24N2O3/c1-15-7-5-6-10-17(15)11-20(25)23-12-18(14-24)19(13-23)22-21(26)16-8-3-2-4-9-16/h2-10,18-19,24H,11-14H2,1H3,(H,22,26)/t18-,19+/m0/s1. The van der Waals surface area contributed by atoms with Gasteiger partial charge in [0.2, 0.25) is 5.91 Å². The van der Waals surface area contributed by atoms with Crippen molar-refractivity contribution in [3.63, 3.8) is 0 Å². The first kappa shape index (κ1) is 18.1. The fourth-order valence-electron chi connectivity index (χ4n) is 3.35. The number of hydrogen-bond acceptors (Lipinski definition) is 3. The number of carbonyl (C=O) groups is 2. The van der Waals surface area contributed by atoms with Gasteiger partial charge in [-0.2, -0.15) is 0 Å². The molecule has 0 radical (unpaired) electrons. The molecule has 26 heavy (non-hydrogen) atoms. The van der Waals surface area contributed by atoms with Gasteiger partial charge in [-0.25, -0.2) is 0 Å². The van der Waals surface area contributed by atoms with Crippen molar-refractivity contribution < 1.29 is 14.7 Å². The van der Waals surface area contributed by atoms with Gasteiger partial charge in [0.05, 0.1) is 12.5 Å². The largest absolute Gasteiger partial charge is 0.396 e. The Labute approximate surface area is 153 Å². The number of aliphatic hydroxyl groups is 1. The van der Waals surface area contributed by atoms with Gasteiger partial charge in [0, 0.05) is 31.2 Å². The molecular formula is C21H24N2O3. The minimum absolute atomic E-state index is 0.0224. The molecule has 0 bridgehead atoms. The number of aliphatic hydroxyl groups excluding tert-OH is 1. The van der Waals surface area contributed by atoms with Crippen LogP contribution in [0.3, 0.4) is 0 Å². The van der Waals surface area contributed by atoms with E-state index in [2.05, 4.69) is 5.32 Å². The molecule has 136 valence electrons. The van der Waals surface area contributed by atoms with Crippen LogP contribution in [0.25, 0.3) is 0 Å². The van der Waals surface area contributed by atoms with Gasteiger partial charge in [-0.05, 0) is 30.2 Å². The lowest BCUT2D eigenvalue weighted by molar-refractivity contribution is -0.129. The quantitative estimate of drug-likeness (QED) is 0.862. The SMILES string of the molecule is Cc1ccccc1CC(=O)N1C[C@@H](CO)[C@H](NC(=O)c2ccccc2)C1. The fourth-order valence-corrected chi connectivity index (χ4v) is 3.35. The van der Waals surface area contributed by atoms with Gasteiger partial charge < -0.3 is 15.3 Å². The fraction of sp³-hybridized carbons (Fsp3) is 0.333. The summed E-state index contributed by atoms with van der Waals surface area (Å²) in [4.78, 5) is 26.8. The van der Waals surface area contributed by atoms with Crippen LogP contribution in [0.1, 0.15) is 21.5 Å². The first-order valence-corrected chi connectivity index (χ1v) is 8.87. The second-order valence-corrected chi connectivity index (χ2v) is 6.79. The normalized spacial score (nSPS) is 19.4. The van der Waals surface area contributed by atoms with Crippen LogP contribution < -0.4 is 5.32 Å². The molecule has 1 fully saturated rings. The summed E-state index contributed by atoms with van der Waals surface area (Å²) in [5.74, 6) is -0.306. The zero-order valence-electron chi connectivity index (χ0n) is 14.9. The number of amides is 2. The maximum Gasteiger partial charge on any atom is 0.251 e. The van der Waals surface area contributed by atoms with E-state index in [1.54, 1.807) is 17.0 Å². The molecule has 5 heteroatoms. The molecule has 1 aliphatic heterocycles. The molecule has 0 spiro atoms. The number of nitrogens with zero attached hydrogens (tertiary/aromatic N) is 1. The van der Waals surface area contributed by atoms with Gasteiger partial charge in [0.25, 0.3) is 5.91 Å². The summed E-state index contributed by atoms with van der Waals surface area (Å²) in [5, 5.41) is 12.6. The Morgan fingerprint density at radius 1 is 1.08 bits per heavy atom.